The van der Waals surface area contributed by atoms with Gasteiger partial charge in [0.2, 0.25) is 5.91 Å². The molecule has 3 rings (SSSR count). The van der Waals surface area contributed by atoms with Crippen LogP contribution in [0.2, 0.25) is 0 Å². The van der Waals surface area contributed by atoms with Gasteiger partial charge < -0.3 is 15.0 Å². The maximum absolute atomic E-state index is 11.9. The zero-order chi connectivity index (χ0) is 15.2. The van der Waals surface area contributed by atoms with Crippen molar-refractivity contribution in [2.75, 3.05) is 31.1 Å². The molecule has 4 nitrogen and oxygen atoms in total. The Hall–Kier alpha value is -1.55. The van der Waals surface area contributed by atoms with Crippen LogP contribution >= 0.6 is 0 Å². The van der Waals surface area contributed by atoms with Gasteiger partial charge in [0.1, 0.15) is 0 Å². The minimum absolute atomic E-state index is 0.124. The number of amides is 1. The standard InChI is InChI=1S/C18H26N2O2/c21-18(19-14-17-4-3-13-22-17)10-7-15-5-8-16(9-6-15)20-11-1-2-12-20/h5-6,8-9,17H,1-4,7,10-14H2,(H,19,21). The van der Waals surface area contributed by atoms with Gasteiger partial charge in [-0.05, 0) is 49.8 Å². The summed E-state index contributed by atoms with van der Waals surface area (Å²) in [6, 6.07) is 8.68. The molecule has 0 aromatic heterocycles. The van der Waals surface area contributed by atoms with Crippen LogP contribution in [0, 0.1) is 0 Å². The molecule has 0 aliphatic carbocycles. The summed E-state index contributed by atoms with van der Waals surface area (Å²) < 4.78 is 5.51. The van der Waals surface area contributed by atoms with Crippen LogP contribution in [0.25, 0.3) is 0 Å². The van der Waals surface area contributed by atoms with E-state index in [9.17, 15) is 4.79 Å². The van der Waals surface area contributed by atoms with Crippen LogP contribution in [-0.2, 0) is 16.0 Å². The predicted molar refractivity (Wildman–Crippen MR) is 88.2 cm³/mol. The molecular formula is C18H26N2O2. The third-order valence-corrected chi connectivity index (χ3v) is 4.60. The Balaban J connectivity index is 1.39. The van der Waals surface area contributed by atoms with Crippen LogP contribution in [0.4, 0.5) is 5.69 Å². The topological polar surface area (TPSA) is 41.6 Å². The summed E-state index contributed by atoms with van der Waals surface area (Å²) in [5.41, 5.74) is 2.54. The van der Waals surface area contributed by atoms with Crippen LogP contribution in [-0.4, -0.2) is 38.3 Å². The number of hydrogen-bond acceptors (Lipinski definition) is 3. The van der Waals surface area contributed by atoms with E-state index < -0.39 is 0 Å². The van der Waals surface area contributed by atoms with Crippen molar-refractivity contribution in [1.82, 2.24) is 5.32 Å². The Morgan fingerprint density at radius 3 is 2.64 bits per heavy atom. The minimum Gasteiger partial charge on any atom is -0.376 e. The van der Waals surface area contributed by atoms with Crippen LogP contribution in [0.15, 0.2) is 24.3 Å². The minimum atomic E-state index is 0.124. The Morgan fingerprint density at radius 1 is 1.18 bits per heavy atom. The van der Waals surface area contributed by atoms with Crippen molar-refractivity contribution in [2.24, 2.45) is 0 Å². The number of carbonyl (C=O) groups excluding carboxylic acids is 1. The summed E-state index contributed by atoms with van der Waals surface area (Å²) in [7, 11) is 0. The lowest BCUT2D eigenvalue weighted by Crippen LogP contribution is -2.31. The van der Waals surface area contributed by atoms with Crippen LogP contribution < -0.4 is 10.2 Å². The number of nitrogens with zero attached hydrogens (tertiary/aromatic N) is 1. The van der Waals surface area contributed by atoms with Crippen LogP contribution in [0.5, 0.6) is 0 Å². The molecule has 2 saturated heterocycles. The van der Waals surface area contributed by atoms with Gasteiger partial charge in [0, 0.05) is 38.3 Å². The molecule has 22 heavy (non-hydrogen) atoms. The van der Waals surface area contributed by atoms with E-state index in [1.54, 1.807) is 0 Å². The van der Waals surface area contributed by atoms with Gasteiger partial charge in [-0.1, -0.05) is 12.1 Å². The van der Waals surface area contributed by atoms with E-state index in [-0.39, 0.29) is 12.0 Å². The normalized spacial score (nSPS) is 21.3. The van der Waals surface area contributed by atoms with Gasteiger partial charge >= 0.3 is 0 Å². The summed E-state index contributed by atoms with van der Waals surface area (Å²) in [5.74, 6) is 0.124. The molecule has 120 valence electrons. The maximum atomic E-state index is 11.9. The molecule has 1 atom stereocenters. The number of anilines is 1. The van der Waals surface area contributed by atoms with Gasteiger partial charge in [-0.15, -0.1) is 0 Å². The molecule has 1 aromatic rings. The van der Waals surface area contributed by atoms with Crippen molar-refractivity contribution in [3.63, 3.8) is 0 Å². The highest BCUT2D eigenvalue weighted by Crippen LogP contribution is 2.20. The van der Waals surface area contributed by atoms with E-state index in [4.69, 9.17) is 4.74 Å². The van der Waals surface area contributed by atoms with Gasteiger partial charge in [0.25, 0.3) is 0 Å². The molecular weight excluding hydrogens is 276 g/mol. The molecule has 1 unspecified atom stereocenters. The number of nitrogens with one attached hydrogen (secondary N) is 1. The fourth-order valence-electron chi connectivity index (χ4n) is 3.23. The highest BCUT2D eigenvalue weighted by molar-refractivity contribution is 5.76. The number of carbonyl (C=O) groups is 1. The Labute approximate surface area is 132 Å². The number of hydrogen-bond donors (Lipinski definition) is 1. The Bertz CT molecular complexity index is 474. The summed E-state index contributed by atoms with van der Waals surface area (Å²) >= 11 is 0. The summed E-state index contributed by atoms with van der Waals surface area (Å²) in [4.78, 5) is 14.3. The van der Waals surface area contributed by atoms with Gasteiger partial charge in [-0.3, -0.25) is 4.79 Å². The van der Waals surface area contributed by atoms with Crippen molar-refractivity contribution >= 4 is 11.6 Å². The summed E-state index contributed by atoms with van der Waals surface area (Å²) in [6.45, 7) is 3.84. The molecule has 2 aliphatic rings. The van der Waals surface area contributed by atoms with Crippen molar-refractivity contribution in [3.8, 4) is 0 Å². The second-order valence-electron chi connectivity index (χ2n) is 6.30. The van der Waals surface area contributed by atoms with E-state index in [1.165, 1.54) is 37.2 Å². The first-order chi connectivity index (χ1) is 10.8. The molecule has 2 fully saturated rings. The average Bonchev–Trinajstić information content (AvgIpc) is 3.24. The molecule has 1 aromatic carbocycles. The average molecular weight is 302 g/mol. The number of ether oxygens (including phenoxy) is 1. The summed E-state index contributed by atoms with van der Waals surface area (Å²) in [6.07, 6.45) is 6.36. The van der Waals surface area contributed by atoms with Gasteiger partial charge in [0.05, 0.1) is 6.10 Å². The largest absolute Gasteiger partial charge is 0.376 e. The van der Waals surface area contributed by atoms with E-state index >= 15 is 0 Å². The molecule has 0 saturated carbocycles. The zero-order valence-corrected chi connectivity index (χ0v) is 13.2. The Kier molecular flexibility index (Phi) is 5.33. The van der Waals surface area contributed by atoms with Crippen LogP contribution in [0.1, 0.15) is 37.7 Å². The molecule has 0 radical (unpaired) electrons. The molecule has 4 heteroatoms. The summed E-state index contributed by atoms with van der Waals surface area (Å²) in [5, 5.41) is 2.98. The molecule has 0 bridgehead atoms. The highest BCUT2D eigenvalue weighted by Gasteiger charge is 2.16. The van der Waals surface area contributed by atoms with E-state index in [2.05, 4.69) is 34.5 Å². The molecule has 2 aliphatic heterocycles. The van der Waals surface area contributed by atoms with Gasteiger partial charge in [-0.25, -0.2) is 0 Å². The number of aryl methyl sites for hydroxylation is 1. The monoisotopic (exact) mass is 302 g/mol. The first kappa shape index (κ1) is 15.3. The smallest absolute Gasteiger partial charge is 0.220 e. The van der Waals surface area contributed by atoms with Crippen molar-refractivity contribution < 1.29 is 9.53 Å². The lowest BCUT2D eigenvalue weighted by atomic mass is 10.1. The van der Waals surface area contributed by atoms with E-state index in [0.717, 1.165) is 25.9 Å². The van der Waals surface area contributed by atoms with Gasteiger partial charge in [0.15, 0.2) is 0 Å². The number of benzene rings is 1. The van der Waals surface area contributed by atoms with Crippen molar-refractivity contribution in [3.05, 3.63) is 29.8 Å². The van der Waals surface area contributed by atoms with Gasteiger partial charge in [-0.2, -0.15) is 0 Å². The molecule has 1 N–H and O–H groups in total. The third-order valence-electron chi connectivity index (χ3n) is 4.60. The first-order valence-electron chi connectivity index (χ1n) is 8.53. The fraction of sp³-hybridized carbons (Fsp3) is 0.611. The van der Waals surface area contributed by atoms with E-state index in [0.29, 0.717) is 13.0 Å². The first-order valence-corrected chi connectivity index (χ1v) is 8.53. The molecule has 2 heterocycles. The van der Waals surface area contributed by atoms with Crippen molar-refractivity contribution in [2.45, 2.75) is 44.6 Å². The maximum Gasteiger partial charge on any atom is 0.220 e. The quantitative estimate of drug-likeness (QED) is 0.878. The van der Waals surface area contributed by atoms with Crippen LogP contribution in [0.3, 0.4) is 0 Å². The van der Waals surface area contributed by atoms with Crippen molar-refractivity contribution in [1.29, 1.82) is 0 Å². The fourth-order valence-corrected chi connectivity index (χ4v) is 3.23. The SMILES string of the molecule is O=C(CCc1ccc(N2CCCC2)cc1)NCC1CCCO1. The van der Waals surface area contributed by atoms with E-state index in [1.807, 2.05) is 0 Å². The molecule has 1 amide bonds. The predicted octanol–water partition coefficient (Wildman–Crippen LogP) is 2.51. The second-order valence-corrected chi connectivity index (χ2v) is 6.30. The zero-order valence-electron chi connectivity index (χ0n) is 13.2. The second kappa shape index (κ2) is 7.63. The molecule has 0 spiro atoms. The number of rotatable bonds is 6. The highest BCUT2D eigenvalue weighted by atomic mass is 16.5. The Morgan fingerprint density at radius 2 is 1.95 bits per heavy atom. The third kappa shape index (κ3) is 4.23. The lowest BCUT2D eigenvalue weighted by Gasteiger charge is -2.17. The lowest BCUT2D eigenvalue weighted by molar-refractivity contribution is -0.121.